The zero-order chi connectivity index (χ0) is 18.6. The number of nitrogens with zero attached hydrogens (tertiary/aromatic N) is 2. The average Bonchev–Trinajstić information content (AvgIpc) is 3.00. The number of para-hydroxylation sites is 2. The van der Waals surface area contributed by atoms with Gasteiger partial charge in [0.2, 0.25) is 0 Å². The summed E-state index contributed by atoms with van der Waals surface area (Å²) in [4.78, 5) is 20.3. The topological polar surface area (TPSA) is 32.7 Å². The van der Waals surface area contributed by atoms with E-state index in [4.69, 9.17) is 4.99 Å². The molecule has 4 heteroatoms. The lowest BCUT2D eigenvalue weighted by molar-refractivity contribution is -0.113. The molecule has 0 spiro atoms. The molecule has 0 aromatic heterocycles. The predicted octanol–water partition coefficient (Wildman–Crippen LogP) is 5.80. The molecule has 3 aromatic carbocycles. The second-order valence-corrected chi connectivity index (χ2v) is 7.18. The van der Waals surface area contributed by atoms with E-state index in [1.54, 1.807) is 4.90 Å². The first-order valence-corrected chi connectivity index (χ1v) is 9.52. The molecule has 1 aliphatic heterocycles. The quantitative estimate of drug-likeness (QED) is 0.546. The molecular weight excluding hydrogens is 352 g/mol. The van der Waals surface area contributed by atoms with E-state index in [0.717, 1.165) is 22.5 Å². The number of rotatable bonds is 3. The molecule has 0 aliphatic carbocycles. The fourth-order valence-corrected chi connectivity index (χ4v) is 3.85. The Labute approximate surface area is 163 Å². The van der Waals surface area contributed by atoms with E-state index in [0.29, 0.717) is 10.1 Å². The fraction of sp³-hybridized carbons (Fsp3) is 0.0435. The van der Waals surface area contributed by atoms with Gasteiger partial charge < -0.3 is 0 Å². The van der Waals surface area contributed by atoms with Crippen molar-refractivity contribution in [1.29, 1.82) is 0 Å². The number of hydrogen-bond donors (Lipinski definition) is 0. The minimum atomic E-state index is -0.0517. The molecule has 1 amide bonds. The maximum Gasteiger partial charge on any atom is 0.271 e. The van der Waals surface area contributed by atoms with Crippen LogP contribution in [0.1, 0.15) is 11.1 Å². The van der Waals surface area contributed by atoms with Crippen molar-refractivity contribution >= 4 is 40.3 Å². The van der Waals surface area contributed by atoms with Gasteiger partial charge in [-0.1, -0.05) is 60.7 Å². The average molecular weight is 370 g/mol. The first-order valence-electron chi connectivity index (χ1n) is 8.71. The highest BCUT2D eigenvalue weighted by Gasteiger charge is 2.34. The summed E-state index contributed by atoms with van der Waals surface area (Å²) in [6, 6.07) is 27.4. The lowest BCUT2D eigenvalue weighted by Gasteiger charge is -2.15. The van der Waals surface area contributed by atoms with Crippen LogP contribution in [0.25, 0.3) is 6.08 Å². The molecule has 0 radical (unpaired) electrons. The zero-order valence-corrected chi connectivity index (χ0v) is 15.7. The number of thioether (sulfide) groups is 1. The van der Waals surface area contributed by atoms with E-state index in [1.807, 2.05) is 97.9 Å². The Kier molecular flexibility index (Phi) is 4.90. The number of carbonyl (C=O) groups excluding carboxylic acids is 1. The highest BCUT2D eigenvalue weighted by atomic mass is 32.2. The number of carbonyl (C=O) groups is 1. The Hall–Kier alpha value is -3.11. The largest absolute Gasteiger partial charge is 0.271 e. The van der Waals surface area contributed by atoms with Crippen LogP contribution in [0.3, 0.4) is 0 Å². The van der Waals surface area contributed by atoms with Gasteiger partial charge in [-0.15, -0.1) is 0 Å². The lowest BCUT2D eigenvalue weighted by atomic mass is 10.1. The monoisotopic (exact) mass is 370 g/mol. The molecule has 1 fully saturated rings. The minimum absolute atomic E-state index is 0.0517. The molecule has 3 nitrogen and oxygen atoms in total. The number of benzene rings is 3. The predicted molar refractivity (Wildman–Crippen MR) is 114 cm³/mol. The number of hydrogen-bond acceptors (Lipinski definition) is 3. The van der Waals surface area contributed by atoms with Gasteiger partial charge in [-0.25, -0.2) is 4.99 Å². The van der Waals surface area contributed by atoms with Gasteiger partial charge >= 0.3 is 0 Å². The standard InChI is InChI=1S/C23H18N2OS/c1-17-10-8-9-11-18(17)16-21-22(26)25(20-14-6-3-7-15-20)23(27-21)24-19-12-4-2-5-13-19/h2-16H,1H3/b21-16+,24-23?. The van der Waals surface area contributed by atoms with Crippen molar-refractivity contribution in [1.82, 2.24) is 0 Å². The van der Waals surface area contributed by atoms with Crippen molar-refractivity contribution in [3.05, 3.63) is 101 Å². The fourth-order valence-electron chi connectivity index (χ4n) is 2.86. The van der Waals surface area contributed by atoms with Gasteiger partial charge in [0.25, 0.3) is 5.91 Å². The Morgan fingerprint density at radius 2 is 1.48 bits per heavy atom. The third kappa shape index (κ3) is 3.71. The molecule has 0 N–H and O–H groups in total. The third-order valence-corrected chi connectivity index (χ3v) is 5.25. The highest BCUT2D eigenvalue weighted by molar-refractivity contribution is 8.19. The van der Waals surface area contributed by atoms with Crippen LogP contribution in [0.2, 0.25) is 0 Å². The summed E-state index contributed by atoms with van der Waals surface area (Å²) in [7, 11) is 0. The summed E-state index contributed by atoms with van der Waals surface area (Å²) in [5.74, 6) is -0.0517. The smallest absolute Gasteiger partial charge is 0.268 e. The number of anilines is 1. The van der Waals surface area contributed by atoms with Crippen molar-refractivity contribution in [2.45, 2.75) is 6.92 Å². The lowest BCUT2D eigenvalue weighted by Crippen LogP contribution is -2.28. The summed E-state index contributed by atoms with van der Waals surface area (Å²) in [5, 5.41) is 0.664. The molecule has 0 bridgehead atoms. The van der Waals surface area contributed by atoms with Crippen molar-refractivity contribution in [3.63, 3.8) is 0 Å². The second-order valence-electron chi connectivity index (χ2n) is 6.17. The van der Waals surface area contributed by atoms with Gasteiger partial charge in [-0.05, 0) is 60.2 Å². The number of amides is 1. The molecule has 3 aromatic rings. The highest BCUT2D eigenvalue weighted by Crippen LogP contribution is 2.37. The van der Waals surface area contributed by atoms with E-state index in [-0.39, 0.29) is 5.91 Å². The molecule has 0 unspecified atom stereocenters. The normalized spacial score (nSPS) is 17.1. The van der Waals surface area contributed by atoms with Crippen LogP contribution >= 0.6 is 11.8 Å². The molecule has 1 heterocycles. The van der Waals surface area contributed by atoms with Crippen molar-refractivity contribution in [2.24, 2.45) is 4.99 Å². The van der Waals surface area contributed by atoms with E-state index in [9.17, 15) is 4.79 Å². The van der Waals surface area contributed by atoms with Crippen LogP contribution in [-0.2, 0) is 4.79 Å². The Morgan fingerprint density at radius 3 is 2.19 bits per heavy atom. The molecule has 1 saturated heterocycles. The molecule has 27 heavy (non-hydrogen) atoms. The zero-order valence-electron chi connectivity index (χ0n) is 14.9. The van der Waals surface area contributed by atoms with Crippen LogP contribution < -0.4 is 4.90 Å². The van der Waals surface area contributed by atoms with Crippen molar-refractivity contribution < 1.29 is 4.79 Å². The van der Waals surface area contributed by atoms with Crippen molar-refractivity contribution in [2.75, 3.05) is 4.90 Å². The summed E-state index contributed by atoms with van der Waals surface area (Å²) in [6.07, 6.45) is 1.95. The van der Waals surface area contributed by atoms with E-state index in [2.05, 4.69) is 0 Å². The van der Waals surface area contributed by atoms with Crippen LogP contribution in [0.15, 0.2) is 94.8 Å². The minimum Gasteiger partial charge on any atom is -0.268 e. The molecule has 4 rings (SSSR count). The van der Waals surface area contributed by atoms with Crippen LogP contribution in [0, 0.1) is 6.92 Å². The molecular formula is C23H18N2OS. The van der Waals surface area contributed by atoms with Crippen LogP contribution in [0.5, 0.6) is 0 Å². The third-order valence-electron chi connectivity index (χ3n) is 4.28. The summed E-state index contributed by atoms with van der Waals surface area (Å²) < 4.78 is 0. The van der Waals surface area contributed by atoms with E-state index >= 15 is 0 Å². The van der Waals surface area contributed by atoms with E-state index in [1.165, 1.54) is 11.8 Å². The Morgan fingerprint density at radius 1 is 0.852 bits per heavy atom. The summed E-state index contributed by atoms with van der Waals surface area (Å²) in [5.41, 5.74) is 3.82. The van der Waals surface area contributed by atoms with Gasteiger partial charge in [0.05, 0.1) is 16.3 Å². The summed E-state index contributed by atoms with van der Waals surface area (Å²) >= 11 is 1.41. The molecule has 1 aliphatic rings. The molecule has 132 valence electrons. The maximum atomic E-state index is 13.2. The maximum absolute atomic E-state index is 13.2. The second kappa shape index (κ2) is 7.64. The number of aryl methyl sites for hydroxylation is 1. The van der Waals surface area contributed by atoms with E-state index < -0.39 is 0 Å². The Balaban J connectivity index is 1.79. The van der Waals surface area contributed by atoms with Crippen molar-refractivity contribution in [3.8, 4) is 0 Å². The van der Waals surface area contributed by atoms with Gasteiger partial charge in [0.1, 0.15) is 0 Å². The van der Waals surface area contributed by atoms with Crippen LogP contribution in [0.4, 0.5) is 11.4 Å². The first kappa shape index (κ1) is 17.3. The number of amidine groups is 1. The first-order chi connectivity index (χ1) is 13.2. The van der Waals surface area contributed by atoms with Crippen LogP contribution in [-0.4, -0.2) is 11.1 Å². The molecule has 0 saturated carbocycles. The SMILES string of the molecule is Cc1ccccc1/C=C1/SC(=Nc2ccccc2)N(c2ccccc2)C1=O. The molecule has 0 atom stereocenters. The van der Waals surface area contributed by atoms with Gasteiger partial charge in [-0.2, -0.15) is 0 Å². The van der Waals surface area contributed by atoms with Gasteiger partial charge in [0, 0.05) is 0 Å². The van der Waals surface area contributed by atoms with Gasteiger partial charge in [-0.3, -0.25) is 9.69 Å². The number of aliphatic imine (C=N–C) groups is 1. The summed E-state index contributed by atoms with van der Waals surface area (Å²) in [6.45, 7) is 2.05. The van der Waals surface area contributed by atoms with Gasteiger partial charge in [0.15, 0.2) is 5.17 Å². The Bertz CT molecular complexity index is 1030.